The summed E-state index contributed by atoms with van der Waals surface area (Å²) in [6, 6.07) is 0. The van der Waals surface area contributed by atoms with Gasteiger partial charge in [0.2, 0.25) is 12.3 Å². The van der Waals surface area contributed by atoms with Crippen LogP contribution in [0.4, 0.5) is 0 Å². The molecule has 2 amide bonds. The Kier molecular flexibility index (Phi) is 14.5. The van der Waals surface area contributed by atoms with E-state index in [2.05, 4.69) is 0 Å². The van der Waals surface area contributed by atoms with Crippen LogP contribution < -0.4 is 0 Å². The normalized spacial score (nSPS) is 11.4. The summed E-state index contributed by atoms with van der Waals surface area (Å²) in [4.78, 5) is 35.4. The number of Topliss-reactive ketones (excluding diaryl/α,β-unsaturated/α-hetero) is 1. The Morgan fingerprint density at radius 1 is 1.05 bits per heavy atom. The lowest BCUT2D eigenvalue weighted by molar-refractivity contribution is -0.141. The van der Waals surface area contributed by atoms with Gasteiger partial charge >= 0.3 is 0 Å². The molecule has 4 heteroatoms. The number of carbonyl (C=O) groups is 3. The Labute approximate surface area is 130 Å². The zero-order valence-electron chi connectivity index (χ0n) is 14.6. The van der Waals surface area contributed by atoms with Crippen molar-refractivity contribution >= 4 is 18.1 Å². The van der Waals surface area contributed by atoms with E-state index in [4.69, 9.17) is 0 Å². The zero-order valence-corrected chi connectivity index (χ0v) is 14.6. The summed E-state index contributed by atoms with van der Waals surface area (Å²) >= 11 is 0. The van der Waals surface area contributed by atoms with Crippen LogP contribution in [0.3, 0.4) is 0 Å². The number of ketones is 1. The van der Waals surface area contributed by atoms with Crippen LogP contribution in [0.5, 0.6) is 0 Å². The number of hydrogen-bond donors (Lipinski definition) is 0. The highest BCUT2D eigenvalue weighted by Crippen LogP contribution is 2.09. The Hall–Kier alpha value is -1.19. The number of nitrogens with zero attached hydrogens (tertiary/aromatic N) is 1. The predicted octanol–water partition coefficient (Wildman–Crippen LogP) is 3.83. The van der Waals surface area contributed by atoms with Gasteiger partial charge in [0, 0.05) is 24.8 Å². The van der Waals surface area contributed by atoms with Crippen molar-refractivity contribution in [1.82, 2.24) is 4.90 Å². The van der Waals surface area contributed by atoms with Crippen LogP contribution in [0, 0.1) is 11.8 Å². The molecule has 0 aliphatic carbocycles. The molecule has 4 nitrogen and oxygen atoms in total. The molecule has 0 saturated carbocycles. The van der Waals surface area contributed by atoms with E-state index in [0.29, 0.717) is 19.4 Å². The SMILES string of the molecule is CC.CCC(C)C(=O)N(C=O)CCCCCC(=O)C(C)C. The van der Waals surface area contributed by atoms with Crippen LogP contribution in [-0.2, 0) is 14.4 Å². The molecule has 0 aliphatic rings. The molecule has 0 spiro atoms. The van der Waals surface area contributed by atoms with Gasteiger partial charge in [0.05, 0.1) is 0 Å². The highest BCUT2D eigenvalue weighted by molar-refractivity contribution is 5.87. The standard InChI is InChI=1S/C15H27NO3.C2H6/c1-5-13(4)15(19)16(11-17)10-8-6-7-9-14(18)12(2)3;1-2/h11-13H,5-10H2,1-4H3;1-2H3. The Balaban J connectivity index is 0. The van der Waals surface area contributed by atoms with E-state index < -0.39 is 0 Å². The van der Waals surface area contributed by atoms with Gasteiger partial charge in [-0.2, -0.15) is 0 Å². The van der Waals surface area contributed by atoms with Crippen molar-refractivity contribution in [1.29, 1.82) is 0 Å². The topological polar surface area (TPSA) is 54.5 Å². The van der Waals surface area contributed by atoms with Gasteiger partial charge < -0.3 is 0 Å². The van der Waals surface area contributed by atoms with E-state index in [9.17, 15) is 14.4 Å². The molecule has 0 saturated heterocycles. The van der Waals surface area contributed by atoms with Crippen molar-refractivity contribution in [3.05, 3.63) is 0 Å². The fraction of sp³-hybridized carbons (Fsp3) is 0.824. The number of rotatable bonds is 10. The van der Waals surface area contributed by atoms with Crippen molar-refractivity contribution in [3.63, 3.8) is 0 Å². The molecule has 0 radical (unpaired) electrons. The first-order valence-corrected chi connectivity index (χ1v) is 8.22. The number of hydrogen-bond acceptors (Lipinski definition) is 3. The molecular weight excluding hydrogens is 266 g/mol. The molecule has 0 fully saturated rings. The molecule has 21 heavy (non-hydrogen) atoms. The van der Waals surface area contributed by atoms with Crippen LogP contribution in [-0.4, -0.2) is 29.5 Å². The van der Waals surface area contributed by atoms with Crippen LogP contribution in [0.2, 0.25) is 0 Å². The smallest absolute Gasteiger partial charge is 0.231 e. The predicted molar refractivity (Wildman–Crippen MR) is 86.9 cm³/mol. The van der Waals surface area contributed by atoms with E-state index in [1.165, 1.54) is 4.90 Å². The van der Waals surface area contributed by atoms with Gasteiger partial charge in [-0.25, -0.2) is 0 Å². The summed E-state index contributed by atoms with van der Waals surface area (Å²) in [5.41, 5.74) is 0. The lowest BCUT2D eigenvalue weighted by Crippen LogP contribution is -2.34. The maximum Gasteiger partial charge on any atom is 0.231 e. The summed E-state index contributed by atoms with van der Waals surface area (Å²) in [6.07, 6.45) is 4.43. The summed E-state index contributed by atoms with van der Waals surface area (Å²) in [5, 5.41) is 0. The minimum atomic E-state index is -0.104. The van der Waals surface area contributed by atoms with Crippen molar-refractivity contribution < 1.29 is 14.4 Å². The number of imide groups is 1. The summed E-state index contributed by atoms with van der Waals surface area (Å²) in [6.45, 7) is 12.0. The van der Waals surface area contributed by atoms with Crippen LogP contribution in [0.1, 0.15) is 73.6 Å². The van der Waals surface area contributed by atoms with E-state index in [-0.39, 0.29) is 23.5 Å². The summed E-state index contributed by atoms with van der Waals surface area (Å²) in [5.74, 6) is 0.171. The molecule has 0 N–H and O–H groups in total. The third-order valence-electron chi connectivity index (χ3n) is 3.41. The first-order chi connectivity index (χ1) is 9.93. The van der Waals surface area contributed by atoms with E-state index in [1.54, 1.807) is 0 Å². The second-order valence-corrected chi connectivity index (χ2v) is 5.38. The van der Waals surface area contributed by atoms with Gasteiger partial charge in [0.25, 0.3) is 0 Å². The van der Waals surface area contributed by atoms with Gasteiger partial charge in [-0.05, 0) is 19.3 Å². The molecule has 0 aromatic carbocycles. The maximum atomic E-state index is 11.8. The van der Waals surface area contributed by atoms with E-state index in [1.807, 2.05) is 41.5 Å². The minimum Gasteiger partial charge on any atom is -0.299 e. The number of unbranched alkanes of at least 4 members (excludes halogenated alkanes) is 2. The average molecular weight is 299 g/mol. The zero-order chi connectivity index (χ0) is 16.8. The largest absolute Gasteiger partial charge is 0.299 e. The van der Waals surface area contributed by atoms with Gasteiger partial charge in [-0.1, -0.05) is 48.0 Å². The quantitative estimate of drug-likeness (QED) is 0.455. The number of amides is 2. The van der Waals surface area contributed by atoms with Gasteiger partial charge in [-0.3, -0.25) is 19.3 Å². The van der Waals surface area contributed by atoms with Crippen LogP contribution in [0.25, 0.3) is 0 Å². The molecular formula is C17H33NO3. The third-order valence-corrected chi connectivity index (χ3v) is 3.41. The van der Waals surface area contributed by atoms with Crippen molar-refractivity contribution in [3.8, 4) is 0 Å². The molecule has 1 atom stereocenters. The maximum absolute atomic E-state index is 11.8. The highest BCUT2D eigenvalue weighted by atomic mass is 16.2. The molecule has 0 heterocycles. The lowest BCUT2D eigenvalue weighted by atomic mass is 10.0. The monoisotopic (exact) mass is 299 g/mol. The molecule has 0 aromatic heterocycles. The Morgan fingerprint density at radius 3 is 2.05 bits per heavy atom. The van der Waals surface area contributed by atoms with Crippen molar-refractivity contribution in [2.45, 2.75) is 73.6 Å². The molecule has 0 rings (SSSR count). The average Bonchev–Trinajstić information content (AvgIpc) is 2.50. The minimum absolute atomic E-state index is 0.0958. The van der Waals surface area contributed by atoms with Gasteiger partial charge in [-0.15, -0.1) is 0 Å². The molecule has 0 aromatic rings. The highest BCUT2D eigenvalue weighted by Gasteiger charge is 2.17. The van der Waals surface area contributed by atoms with E-state index >= 15 is 0 Å². The van der Waals surface area contributed by atoms with Crippen molar-refractivity contribution in [2.24, 2.45) is 11.8 Å². The summed E-state index contributed by atoms with van der Waals surface area (Å²) in [7, 11) is 0. The first-order valence-electron chi connectivity index (χ1n) is 8.22. The molecule has 1 unspecified atom stereocenters. The molecule has 124 valence electrons. The Bertz CT molecular complexity index is 300. The first kappa shape index (κ1) is 22.1. The van der Waals surface area contributed by atoms with E-state index in [0.717, 1.165) is 25.7 Å². The summed E-state index contributed by atoms with van der Waals surface area (Å²) < 4.78 is 0. The fourth-order valence-corrected chi connectivity index (χ4v) is 1.72. The Morgan fingerprint density at radius 2 is 1.62 bits per heavy atom. The lowest BCUT2D eigenvalue weighted by Gasteiger charge is -2.18. The number of carbonyl (C=O) groups excluding carboxylic acids is 3. The van der Waals surface area contributed by atoms with Gasteiger partial charge in [0.1, 0.15) is 5.78 Å². The van der Waals surface area contributed by atoms with Crippen LogP contribution in [0.15, 0.2) is 0 Å². The second kappa shape index (κ2) is 13.8. The molecule has 0 aliphatic heterocycles. The second-order valence-electron chi connectivity index (χ2n) is 5.38. The molecule has 0 bridgehead atoms. The third kappa shape index (κ3) is 10.2. The van der Waals surface area contributed by atoms with Crippen molar-refractivity contribution in [2.75, 3.05) is 6.54 Å². The fourth-order valence-electron chi connectivity index (χ4n) is 1.72. The van der Waals surface area contributed by atoms with Gasteiger partial charge in [0.15, 0.2) is 0 Å². The van der Waals surface area contributed by atoms with Crippen LogP contribution >= 0.6 is 0 Å².